The van der Waals surface area contributed by atoms with E-state index in [1.54, 1.807) is 11.8 Å². The molecule has 2 aromatic carbocycles. The highest BCUT2D eigenvalue weighted by atomic mass is 32.2. The molecule has 0 atom stereocenters. The summed E-state index contributed by atoms with van der Waals surface area (Å²) in [6.07, 6.45) is 0. The van der Waals surface area contributed by atoms with E-state index in [9.17, 15) is 4.79 Å². The zero-order valence-corrected chi connectivity index (χ0v) is 17.8. The molecule has 1 aromatic heterocycles. The van der Waals surface area contributed by atoms with Gasteiger partial charge in [0.05, 0.1) is 13.2 Å². The van der Waals surface area contributed by atoms with Gasteiger partial charge in [-0.05, 0) is 36.8 Å². The number of nitrogens with one attached hydrogen (secondary N) is 1. The van der Waals surface area contributed by atoms with Crippen molar-refractivity contribution in [2.45, 2.75) is 24.4 Å². The molecule has 1 amide bonds. The summed E-state index contributed by atoms with van der Waals surface area (Å²) in [4.78, 5) is 14.6. The van der Waals surface area contributed by atoms with Crippen LogP contribution in [-0.4, -0.2) is 47.0 Å². The predicted octanol–water partition coefficient (Wildman–Crippen LogP) is 3.68. The van der Waals surface area contributed by atoms with Gasteiger partial charge in [0, 0.05) is 36.6 Å². The normalized spacial score (nSPS) is 14.0. The standard InChI is InChI=1S/C22H25N5O2S/c1-2-27-21(26-12-14-29-15-13-26)24-25-22(27)30-16-17-8-10-18(11-9-17)20(28)23-19-6-4-3-5-7-19/h3-11H,2,12-16H2,1H3,(H,23,28). The number of rotatable bonds is 7. The summed E-state index contributed by atoms with van der Waals surface area (Å²) in [7, 11) is 0. The number of amides is 1. The van der Waals surface area contributed by atoms with Gasteiger partial charge in [0.15, 0.2) is 5.16 Å². The Bertz CT molecular complexity index is 969. The van der Waals surface area contributed by atoms with Gasteiger partial charge in [0.1, 0.15) is 0 Å². The quantitative estimate of drug-likeness (QED) is 0.585. The number of aromatic nitrogens is 3. The number of hydrogen-bond acceptors (Lipinski definition) is 6. The zero-order valence-electron chi connectivity index (χ0n) is 17.0. The summed E-state index contributed by atoms with van der Waals surface area (Å²) in [5, 5.41) is 12.6. The Kier molecular flexibility index (Phi) is 6.66. The molecule has 0 saturated carbocycles. The molecule has 0 unspecified atom stereocenters. The monoisotopic (exact) mass is 423 g/mol. The van der Waals surface area contributed by atoms with E-state index >= 15 is 0 Å². The van der Waals surface area contributed by atoms with Crippen LogP contribution in [0.4, 0.5) is 11.6 Å². The van der Waals surface area contributed by atoms with Crippen LogP contribution >= 0.6 is 11.8 Å². The minimum atomic E-state index is -0.110. The summed E-state index contributed by atoms with van der Waals surface area (Å²) < 4.78 is 7.58. The molecular formula is C22H25N5O2S. The van der Waals surface area contributed by atoms with Gasteiger partial charge < -0.3 is 15.0 Å². The number of thioether (sulfide) groups is 1. The van der Waals surface area contributed by atoms with Crippen LogP contribution in [0.3, 0.4) is 0 Å². The summed E-state index contributed by atoms with van der Waals surface area (Å²) in [6, 6.07) is 17.2. The van der Waals surface area contributed by atoms with E-state index in [4.69, 9.17) is 4.74 Å². The largest absolute Gasteiger partial charge is 0.378 e. The Labute approximate surface area is 180 Å². The molecule has 0 spiro atoms. The fraction of sp³-hybridized carbons (Fsp3) is 0.318. The number of hydrogen-bond donors (Lipinski definition) is 1. The first-order valence-electron chi connectivity index (χ1n) is 10.1. The van der Waals surface area contributed by atoms with E-state index in [1.807, 2.05) is 54.6 Å². The van der Waals surface area contributed by atoms with Crippen molar-refractivity contribution >= 4 is 29.3 Å². The van der Waals surface area contributed by atoms with Crippen molar-refractivity contribution in [1.82, 2.24) is 14.8 Å². The molecule has 8 heteroatoms. The molecular weight excluding hydrogens is 398 g/mol. The van der Waals surface area contributed by atoms with E-state index in [2.05, 4.69) is 31.9 Å². The fourth-order valence-electron chi connectivity index (χ4n) is 3.29. The third kappa shape index (κ3) is 4.83. The van der Waals surface area contributed by atoms with Crippen LogP contribution in [0.5, 0.6) is 0 Å². The maximum Gasteiger partial charge on any atom is 0.255 e. The number of morpholine rings is 1. The molecule has 4 rings (SSSR count). The van der Waals surface area contributed by atoms with E-state index in [-0.39, 0.29) is 5.91 Å². The number of carbonyl (C=O) groups is 1. The van der Waals surface area contributed by atoms with Gasteiger partial charge in [-0.15, -0.1) is 10.2 Å². The van der Waals surface area contributed by atoms with Crippen LogP contribution in [0.2, 0.25) is 0 Å². The van der Waals surface area contributed by atoms with Crippen molar-refractivity contribution in [3.63, 3.8) is 0 Å². The fourth-order valence-corrected chi connectivity index (χ4v) is 4.24. The van der Waals surface area contributed by atoms with Crippen molar-refractivity contribution in [3.8, 4) is 0 Å². The number of carbonyl (C=O) groups excluding carboxylic acids is 1. The molecule has 1 aliphatic heterocycles. The molecule has 0 aliphatic carbocycles. The molecule has 0 radical (unpaired) electrons. The topological polar surface area (TPSA) is 72.3 Å². The lowest BCUT2D eigenvalue weighted by Crippen LogP contribution is -2.38. The van der Waals surface area contributed by atoms with Crippen LogP contribution in [0.15, 0.2) is 59.8 Å². The second-order valence-corrected chi connectivity index (χ2v) is 7.87. The molecule has 0 bridgehead atoms. The Morgan fingerprint density at radius 3 is 2.50 bits per heavy atom. The highest BCUT2D eigenvalue weighted by Gasteiger charge is 2.19. The first kappa shape index (κ1) is 20.4. The van der Waals surface area contributed by atoms with E-state index in [0.29, 0.717) is 5.56 Å². The minimum absolute atomic E-state index is 0.110. The Morgan fingerprint density at radius 2 is 1.80 bits per heavy atom. The lowest BCUT2D eigenvalue weighted by molar-refractivity contribution is 0.102. The molecule has 3 aromatic rings. The first-order valence-corrected chi connectivity index (χ1v) is 11.1. The molecule has 1 fully saturated rings. The van der Waals surface area contributed by atoms with Crippen molar-refractivity contribution in [1.29, 1.82) is 0 Å². The van der Waals surface area contributed by atoms with Gasteiger partial charge in [-0.25, -0.2) is 0 Å². The summed E-state index contributed by atoms with van der Waals surface area (Å²) in [5.41, 5.74) is 2.56. The van der Waals surface area contributed by atoms with Crippen molar-refractivity contribution < 1.29 is 9.53 Å². The Morgan fingerprint density at radius 1 is 1.07 bits per heavy atom. The second-order valence-electron chi connectivity index (χ2n) is 6.93. The van der Waals surface area contributed by atoms with Gasteiger partial charge >= 0.3 is 0 Å². The Hall–Kier alpha value is -2.84. The van der Waals surface area contributed by atoms with Crippen LogP contribution in [0.25, 0.3) is 0 Å². The van der Waals surface area contributed by atoms with Gasteiger partial charge in [-0.2, -0.15) is 0 Å². The minimum Gasteiger partial charge on any atom is -0.378 e. The number of benzene rings is 2. The molecule has 1 aliphatic rings. The van der Waals surface area contributed by atoms with Crippen LogP contribution in [0.1, 0.15) is 22.8 Å². The molecule has 2 heterocycles. The van der Waals surface area contributed by atoms with E-state index in [1.165, 1.54) is 0 Å². The smallest absolute Gasteiger partial charge is 0.255 e. The molecule has 1 saturated heterocycles. The molecule has 7 nitrogen and oxygen atoms in total. The number of nitrogens with zero attached hydrogens (tertiary/aromatic N) is 4. The summed E-state index contributed by atoms with van der Waals surface area (Å²) in [5.74, 6) is 1.57. The second kappa shape index (κ2) is 9.77. The van der Waals surface area contributed by atoms with Gasteiger partial charge in [-0.1, -0.05) is 42.1 Å². The molecule has 156 valence electrons. The average Bonchev–Trinajstić information content (AvgIpc) is 3.22. The van der Waals surface area contributed by atoms with Gasteiger partial charge in [-0.3, -0.25) is 9.36 Å². The summed E-state index contributed by atoms with van der Waals surface area (Å²) >= 11 is 1.66. The molecule has 30 heavy (non-hydrogen) atoms. The van der Waals surface area contributed by atoms with Crippen molar-refractivity contribution in [2.75, 3.05) is 36.5 Å². The lowest BCUT2D eigenvalue weighted by atomic mass is 10.1. The van der Waals surface area contributed by atoms with Gasteiger partial charge in [0.2, 0.25) is 5.95 Å². The highest BCUT2D eigenvalue weighted by molar-refractivity contribution is 7.98. The third-order valence-corrected chi connectivity index (χ3v) is 5.96. The highest BCUT2D eigenvalue weighted by Crippen LogP contribution is 2.25. The molecule has 1 N–H and O–H groups in total. The number of anilines is 2. The summed E-state index contributed by atoms with van der Waals surface area (Å²) in [6.45, 7) is 6.06. The number of ether oxygens (including phenoxy) is 1. The first-order chi connectivity index (χ1) is 14.7. The van der Waals surface area contributed by atoms with Crippen molar-refractivity contribution in [3.05, 3.63) is 65.7 Å². The predicted molar refractivity (Wildman–Crippen MR) is 119 cm³/mol. The van der Waals surface area contributed by atoms with Crippen molar-refractivity contribution in [2.24, 2.45) is 0 Å². The Balaban J connectivity index is 1.37. The van der Waals surface area contributed by atoms with E-state index < -0.39 is 0 Å². The zero-order chi connectivity index (χ0) is 20.8. The maximum atomic E-state index is 12.4. The maximum absolute atomic E-state index is 12.4. The third-order valence-electron chi connectivity index (χ3n) is 4.92. The van der Waals surface area contributed by atoms with Crippen LogP contribution in [-0.2, 0) is 17.0 Å². The average molecular weight is 424 g/mol. The van der Waals surface area contributed by atoms with Gasteiger partial charge in [0.25, 0.3) is 5.91 Å². The van der Waals surface area contributed by atoms with Crippen LogP contribution in [0, 0.1) is 0 Å². The van der Waals surface area contributed by atoms with Crippen LogP contribution < -0.4 is 10.2 Å². The lowest BCUT2D eigenvalue weighted by Gasteiger charge is -2.27. The number of para-hydroxylation sites is 1. The SMILES string of the molecule is CCn1c(SCc2ccc(C(=O)Nc3ccccc3)cc2)nnc1N1CCOCC1. The van der Waals surface area contributed by atoms with E-state index in [0.717, 1.165) is 61.0 Å².